The Labute approximate surface area is 153 Å². The molecule has 1 aliphatic rings. The molecule has 3 rings (SSSR count). The Bertz CT molecular complexity index is 904. The lowest BCUT2D eigenvalue weighted by atomic mass is 10.0. The Morgan fingerprint density at radius 2 is 2.27 bits per heavy atom. The second-order valence-electron chi connectivity index (χ2n) is 5.65. The van der Waals surface area contributed by atoms with Crippen molar-refractivity contribution in [2.45, 2.75) is 19.9 Å². The predicted molar refractivity (Wildman–Crippen MR) is 94.5 cm³/mol. The van der Waals surface area contributed by atoms with E-state index in [4.69, 9.17) is 4.74 Å². The first-order valence-electron chi connectivity index (χ1n) is 8.06. The number of halogens is 1. The molecule has 0 saturated heterocycles. The number of hydrogen-bond acceptors (Lipinski definition) is 5. The van der Waals surface area contributed by atoms with Crippen LogP contribution in [0.5, 0.6) is 0 Å². The van der Waals surface area contributed by atoms with Crippen molar-refractivity contribution in [3.63, 3.8) is 0 Å². The number of ether oxygens (including phenoxy) is 1. The standard InChI is InChI=1S/C18H16FN3O3S/c1-2-25-18(24)22-7-6-13-14(9-20)17(26-15(13)10-22)21-16(23)11-4-3-5-12(19)8-11/h3-5,8H,2,6-7,10H2,1H3,(H,21,23). The van der Waals surface area contributed by atoms with Crippen LogP contribution in [-0.2, 0) is 17.7 Å². The van der Waals surface area contributed by atoms with Crippen molar-refractivity contribution in [3.8, 4) is 6.07 Å². The fraction of sp³-hybridized carbons (Fsp3) is 0.278. The predicted octanol–water partition coefficient (Wildman–Crippen LogP) is 3.53. The maximum absolute atomic E-state index is 13.3. The summed E-state index contributed by atoms with van der Waals surface area (Å²) in [5.41, 5.74) is 1.42. The van der Waals surface area contributed by atoms with E-state index in [9.17, 15) is 19.2 Å². The van der Waals surface area contributed by atoms with Gasteiger partial charge in [-0.2, -0.15) is 5.26 Å². The van der Waals surface area contributed by atoms with E-state index in [1.165, 1.54) is 29.5 Å². The van der Waals surface area contributed by atoms with Gasteiger partial charge in [0.05, 0.1) is 18.7 Å². The summed E-state index contributed by atoms with van der Waals surface area (Å²) < 4.78 is 18.3. The number of hydrogen-bond donors (Lipinski definition) is 1. The number of anilines is 1. The summed E-state index contributed by atoms with van der Waals surface area (Å²) >= 11 is 1.26. The summed E-state index contributed by atoms with van der Waals surface area (Å²) in [4.78, 5) is 26.7. The maximum atomic E-state index is 13.3. The highest BCUT2D eigenvalue weighted by Crippen LogP contribution is 2.37. The lowest BCUT2D eigenvalue weighted by Crippen LogP contribution is -2.35. The molecule has 0 bridgehead atoms. The van der Waals surface area contributed by atoms with E-state index in [0.29, 0.717) is 36.7 Å². The molecule has 8 heteroatoms. The summed E-state index contributed by atoms with van der Waals surface area (Å²) in [6, 6.07) is 7.47. The van der Waals surface area contributed by atoms with Crippen LogP contribution in [0.2, 0.25) is 0 Å². The van der Waals surface area contributed by atoms with Gasteiger partial charge in [0, 0.05) is 17.0 Å². The minimum Gasteiger partial charge on any atom is -0.450 e. The molecule has 134 valence electrons. The fourth-order valence-electron chi connectivity index (χ4n) is 2.79. The molecule has 2 amide bonds. The molecule has 2 heterocycles. The average molecular weight is 373 g/mol. The number of nitriles is 1. The van der Waals surface area contributed by atoms with Gasteiger partial charge in [0.2, 0.25) is 0 Å². The average Bonchev–Trinajstić information content (AvgIpc) is 2.97. The Morgan fingerprint density at radius 1 is 1.46 bits per heavy atom. The molecule has 0 saturated carbocycles. The molecule has 1 aliphatic heterocycles. The normalized spacial score (nSPS) is 12.9. The first-order valence-corrected chi connectivity index (χ1v) is 8.88. The van der Waals surface area contributed by atoms with Crippen LogP contribution in [0, 0.1) is 17.1 Å². The highest BCUT2D eigenvalue weighted by molar-refractivity contribution is 7.16. The van der Waals surface area contributed by atoms with Gasteiger partial charge in [-0.3, -0.25) is 4.79 Å². The van der Waals surface area contributed by atoms with Gasteiger partial charge in [0.1, 0.15) is 16.9 Å². The molecule has 0 unspecified atom stereocenters. The largest absolute Gasteiger partial charge is 0.450 e. The zero-order chi connectivity index (χ0) is 18.7. The minimum atomic E-state index is -0.506. The molecule has 6 nitrogen and oxygen atoms in total. The molecule has 0 aliphatic carbocycles. The number of nitrogens with zero attached hydrogens (tertiary/aromatic N) is 2. The topological polar surface area (TPSA) is 82.4 Å². The minimum absolute atomic E-state index is 0.174. The van der Waals surface area contributed by atoms with Crippen LogP contribution in [0.3, 0.4) is 0 Å². The second kappa shape index (κ2) is 7.54. The van der Waals surface area contributed by atoms with Crippen molar-refractivity contribution < 1.29 is 18.7 Å². The number of nitrogens with one attached hydrogen (secondary N) is 1. The van der Waals surface area contributed by atoms with Gasteiger partial charge in [-0.25, -0.2) is 9.18 Å². The van der Waals surface area contributed by atoms with Crippen LogP contribution in [-0.4, -0.2) is 30.1 Å². The van der Waals surface area contributed by atoms with Gasteiger partial charge in [-0.1, -0.05) is 6.07 Å². The van der Waals surface area contributed by atoms with Crippen molar-refractivity contribution in [2.75, 3.05) is 18.5 Å². The van der Waals surface area contributed by atoms with E-state index >= 15 is 0 Å². The quantitative estimate of drug-likeness (QED) is 0.892. The number of carbonyl (C=O) groups excluding carboxylic acids is 2. The molecule has 2 aromatic rings. The Kier molecular flexibility index (Phi) is 5.19. The molecular weight excluding hydrogens is 357 g/mol. The number of benzene rings is 1. The van der Waals surface area contributed by atoms with Crippen LogP contribution in [0.15, 0.2) is 24.3 Å². The van der Waals surface area contributed by atoms with E-state index < -0.39 is 17.8 Å². The lowest BCUT2D eigenvalue weighted by molar-refractivity contribution is 0.102. The highest BCUT2D eigenvalue weighted by Gasteiger charge is 2.28. The molecule has 0 spiro atoms. The van der Waals surface area contributed by atoms with Gasteiger partial charge in [-0.15, -0.1) is 11.3 Å². The molecule has 26 heavy (non-hydrogen) atoms. The van der Waals surface area contributed by atoms with E-state index in [2.05, 4.69) is 11.4 Å². The van der Waals surface area contributed by atoms with Gasteiger partial charge in [-0.05, 0) is 37.1 Å². The smallest absolute Gasteiger partial charge is 0.410 e. The van der Waals surface area contributed by atoms with Crippen LogP contribution in [0.25, 0.3) is 0 Å². The maximum Gasteiger partial charge on any atom is 0.410 e. The molecule has 0 radical (unpaired) electrons. The van der Waals surface area contributed by atoms with Crippen LogP contribution >= 0.6 is 11.3 Å². The first-order chi connectivity index (χ1) is 12.5. The van der Waals surface area contributed by atoms with E-state index in [0.717, 1.165) is 16.5 Å². The summed E-state index contributed by atoms with van der Waals surface area (Å²) in [7, 11) is 0. The summed E-state index contributed by atoms with van der Waals surface area (Å²) in [6.07, 6.45) is 0.124. The highest BCUT2D eigenvalue weighted by atomic mass is 32.1. The fourth-order valence-corrected chi connectivity index (χ4v) is 3.99. The third-order valence-electron chi connectivity index (χ3n) is 4.01. The van der Waals surface area contributed by atoms with Gasteiger partial charge < -0.3 is 15.0 Å². The van der Waals surface area contributed by atoms with Crippen molar-refractivity contribution >= 4 is 28.3 Å². The molecule has 0 atom stereocenters. The Morgan fingerprint density at radius 3 is 2.96 bits per heavy atom. The molecular formula is C18H16FN3O3S. The molecule has 1 N–H and O–H groups in total. The number of amides is 2. The second-order valence-corrected chi connectivity index (χ2v) is 6.76. The Hall–Kier alpha value is -2.92. The number of fused-ring (bicyclic) bond motifs is 1. The van der Waals surface area contributed by atoms with Crippen LogP contribution < -0.4 is 5.32 Å². The van der Waals surface area contributed by atoms with E-state index in [-0.39, 0.29) is 5.56 Å². The third kappa shape index (κ3) is 3.53. The van der Waals surface area contributed by atoms with Gasteiger partial charge >= 0.3 is 6.09 Å². The number of carbonyl (C=O) groups is 2. The van der Waals surface area contributed by atoms with E-state index in [1.54, 1.807) is 11.8 Å². The monoisotopic (exact) mass is 373 g/mol. The number of rotatable bonds is 3. The Balaban J connectivity index is 1.83. The first kappa shape index (κ1) is 17.9. The summed E-state index contributed by atoms with van der Waals surface area (Å²) in [5, 5.41) is 12.6. The summed E-state index contributed by atoms with van der Waals surface area (Å²) in [5.74, 6) is -0.990. The van der Waals surface area contributed by atoms with Crippen molar-refractivity contribution in [1.29, 1.82) is 5.26 Å². The van der Waals surface area contributed by atoms with Crippen LogP contribution in [0.4, 0.5) is 14.2 Å². The van der Waals surface area contributed by atoms with Crippen LogP contribution in [0.1, 0.15) is 33.3 Å². The van der Waals surface area contributed by atoms with Gasteiger partial charge in [0.25, 0.3) is 5.91 Å². The zero-order valence-corrected chi connectivity index (χ0v) is 14.9. The van der Waals surface area contributed by atoms with Crippen molar-refractivity contribution in [3.05, 3.63) is 51.7 Å². The van der Waals surface area contributed by atoms with Crippen molar-refractivity contribution in [1.82, 2.24) is 4.90 Å². The van der Waals surface area contributed by atoms with Gasteiger partial charge in [0.15, 0.2) is 0 Å². The number of thiophene rings is 1. The van der Waals surface area contributed by atoms with Crippen molar-refractivity contribution in [2.24, 2.45) is 0 Å². The molecule has 1 aromatic heterocycles. The SMILES string of the molecule is CCOC(=O)N1CCc2c(sc(NC(=O)c3cccc(F)c3)c2C#N)C1. The van der Waals surface area contributed by atoms with E-state index in [1.807, 2.05) is 0 Å². The zero-order valence-electron chi connectivity index (χ0n) is 14.0. The lowest BCUT2D eigenvalue weighted by Gasteiger charge is -2.25. The molecule has 1 aromatic carbocycles. The third-order valence-corrected chi connectivity index (χ3v) is 5.14. The summed E-state index contributed by atoms with van der Waals surface area (Å²) in [6.45, 7) is 2.83. The molecule has 0 fully saturated rings.